The highest BCUT2D eigenvalue weighted by Crippen LogP contribution is 2.40. The molecule has 1 saturated heterocycles. The number of nitrogens with zero attached hydrogens (tertiary/aromatic N) is 6. The third kappa shape index (κ3) is 8.32. The van der Waals surface area contributed by atoms with Crippen LogP contribution in [-0.2, 0) is 22.4 Å². The number of piperidine rings is 1. The number of nitriles is 2. The normalized spacial score (nSPS) is 15.9. The summed E-state index contributed by atoms with van der Waals surface area (Å²) < 4.78 is 56.0. The van der Waals surface area contributed by atoms with Gasteiger partial charge in [-0.3, -0.25) is 0 Å². The summed E-state index contributed by atoms with van der Waals surface area (Å²) in [6.45, 7) is 13.1. The molecule has 3 aromatic rings. The molecule has 0 spiro atoms. The molecule has 1 aliphatic heterocycles. The molecular weight excluding hydrogens is 603 g/mol. The van der Waals surface area contributed by atoms with Gasteiger partial charge in [-0.2, -0.15) is 23.7 Å². The van der Waals surface area contributed by atoms with E-state index in [9.17, 15) is 28.5 Å². The van der Waals surface area contributed by atoms with E-state index in [1.807, 2.05) is 12.1 Å². The number of rotatable bonds is 8. The molecule has 1 N–H and O–H groups in total. The Bertz CT molecular complexity index is 1650. The number of alkyl halides is 3. The van der Waals surface area contributed by atoms with E-state index in [1.54, 1.807) is 30.2 Å². The van der Waals surface area contributed by atoms with Crippen LogP contribution in [0, 0.1) is 22.7 Å². The molecule has 4 rings (SSSR count). The quantitative estimate of drug-likeness (QED) is 0.206. The number of ether oxygens (including phenoxy) is 2. The topological polar surface area (TPSA) is 129 Å². The third-order valence-electron chi connectivity index (χ3n) is 7.25. The average molecular weight is 642 g/mol. The van der Waals surface area contributed by atoms with Gasteiger partial charge in [0, 0.05) is 57.2 Å². The van der Waals surface area contributed by atoms with Gasteiger partial charge in [-0.25, -0.2) is 14.8 Å². The lowest BCUT2D eigenvalue weighted by Crippen LogP contribution is -2.47. The van der Waals surface area contributed by atoms with Crippen molar-refractivity contribution in [2.24, 2.45) is 0 Å². The minimum atomic E-state index is -4.78. The Morgan fingerprint density at radius 3 is 2.53 bits per heavy atom. The van der Waals surface area contributed by atoms with Gasteiger partial charge < -0.3 is 24.3 Å². The molecule has 3 heterocycles. The number of halogens is 3. The van der Waals surface area contributed by atoms with Gasteiger partial charge in [-0.05, 0) is 45.7 Å². The monoisotopic (exact) mass is 641 g/mol. The summed E-state index contributed by atoms with van der Waals surface area (Å²) in [4.78, 5) is 22.5. The highest BCUT2D eigenvalue weighted by atomic mass is 28.3. The minimum absolute atomic E-state index is 0.0232. The number of carbonyl (C=O) groups excluding carboxylic acids is 1. The molecule has 1 atom stereocenters. The van der Waals surface area contributed by atoms with Crippen LogP contribution >= 0.6 is 0 Å². The van der Waals surface area contributed by atoms with Crippen LogP contribution in [0.1, 0.15) is 50.3 Å². The molecule has 0 unspecified atom stereocenters. The number of benzene rings is 1. The molecular formula is C31H38F3N7O3Si. The SMILES string of the molecule is CC(C)(C)OC(=O)N1CCC[C@H](Nc2ncc(C(F)(F)F)c(-c3cn(COCC[Si](C)(C)C)c4c(C#N)c(C#N)ccc34)n2)C1. The molecule has 45 heavy (non-hydrogen) atoms. The molecule has 1 aromatic carbocycles. The number of likely N-dealkylation sites (tertiary alicyclic amines) is 1. The molecule has 0 bridgehead atoms. The summed E-state index contributed by atoms with van der Waals surface area (Å²) in [6.07, 6.45) is -1.72. The number of carbonyl (C=O) groups is 1. The van der Waals surface area contributed by atoms with Gasteiger partial charge in [0.05, 0.1) is 22.3 Å². The minimum Gasteiger partial charge on any atom is -0.444 e. The first-order chi connectivity index (χ1) is 21.0. The summed E-state index contributed by atoms with van der Waals surface area (Å²) in [5.41, 5.74) is -1.53. The second-order valence-electron chi connectivity index (χ2n) is 13.3. The maximum Gasteiger partial charge on any atom is 0.419 e. The highest BCUT2D eigenvalue weighted by molar-refractivity contribution is 6.76. The molecule has 2 aromatic heterocycles. The van der Waals surface area contributed by atoms with Gasteiger partial charge in [0.25, 0.3) is 0 Å². The zero-order chi connectivity index (χ0) is 33.2. The van der Waals surface area contributed by atoms with Crippen molar-refractivity contribution in [3.8, 4) is 23.4 Å². The second-order valence-corrected chi connectivity index (χ2v) is 19.0. The Labute approximate surface area is 261 Å². The standard InChI is InChI=1S/C31H38F3N7O3Si/c1-30(2,3)44-29(42)40-11-7-8-21(17-40)38-28-37-16-25(31(32,33)34)26(39-28)24-18-41(19-43-12-13-45(4,5)6)27-22(24)10-9-20(14-35)23(27)15-36/h9-10,16,18,21H,7-8,11-13,17,19H2,1-6H3,(H,37,38,39)/t21-/m0/s1. The number of anilines is 1. The van der Waals surface area contributed by atoms with Crippen molar-refractivity contribution in [2.45, 2.75) is 83.8 Å². The summed E-state index contributed by atoms with van der Waals surface area (Å²) >= 11 is 0. The fourth-order valence-corrected chi connectivity index (χ4v) is 5.83. The number of aromatic nitrogens is 3. The Balaban J connectivity index is 1.74. The van der Waals surface area contributed by atoms with E-state index in [-0.39, 0.29) is 47.7 Å². The van der Waals surface area contributed by atoms with Gasteiger partial charge in [0.15, 0.2) is 0 Å². The maximum absolute atomic E-state index is 14.3. The number of amides is 1. The lowest BCUT2D eigenvalue weighted by molar-refractivity contribution is -0.137. The van der Waals surface area contributed by atoms with Crippen LogP contribution in [0.5, 0.6) is 0 Å². The number of hydrogen-bond acceptors (Lipinski definition) is 8. The molecule has 0 aliphatic carbocycles. The first-order valence-corrected chi connectivity index (χ1v) is 18.4. The van der Waals surface area contributed by atoms with Crippen LogP contribution in [0.2, 0.25) is 25.7 Å². The molecule has 1 fully saturated rings. The summed E-state index contributed by atoms with van der Waals surface area (Å²) in [5, 5.41) is 23.0. The first-order valence-electron chi connectivity index (χ1n) is 14.7. The predicted octanol–water partition coefficient (Wildman–Crippen LogP) is 6.98. The fourth-order valence-electron chi connectivity index (χ4n) is 5.07. The third-order valence-corrected chi connectivity index (χ3v) is 8.96. The van der Waals surface area contributed by atoms with E-state index in [0.717, 1.165) is 12.2 Å². The van der Waals surface area contributed by atoms with Crippen molar-refractivity contribution < 1.29 is 27.4 Å². The predicted molar refractivity (Wildman–Crippen MR) is 166 cm³/mol. The summed E-state index contributed by atoms with van der Waals surface area (Å²) in [5.74, 6) is -0.0320. The van der Waals surface area contributed by atoms with Gasteiger partial charge in [-0.1, -0.05) is 25.7 Å². The van der Waals surface area contributed by atoms with Crippen molar-refractivity contribution in [2.75, 3.05) is 25.0 Å². The van der Waals surface area contributed by atoms with E-state index in [4.69, 9.17) is 9.47 Å². The Morgan fingerprint density at radius 2 is 1.91 bits per heavy atom. The first kappa shape index (κ1) is 33.7. The zero-order valence-electron chi connectivity index (χ0n) is 26.4. The van der Waals surface area contributed by atoms with Gasteiger partial charge >= 0.3 is 12.3 Å². The smallest absolute Gasteiger partial charge is 0.419 e. The van der Waals surface area contributed by atoms with Crippen LogP contribution < -0.4 is 5.32 Å². The molecule has 1 amide bonds. The summed E-state index contributed by atoms with van der Waals surface area (Å²) in [6, 6.07) is 7.54. The molecule has 10 nitrogen and oxygen atoms in total. The van der Waals surface area contributed by atoms with Crippen LogP contribution in [0.15, 0.2) is 24.5 Å². The molecule has 0 radical (unpaired) electrons. The Kier molecular flexibility index (Phi) is 9.80. The lowest BCUT2D eigenvalue weighted by Gasteiger charge is -2.34. The van der Waals surface area contributed by atoms with Crippen molar-refractivity contribution in [1.82, 2.24) is 19.4 Å². The van der Waals surface area contributed by atoms with Gasteiger partial charge in [0.1, 0.15) is 30.0 Å². The zero-order valence-corrected chi connectivity index (χ0v) is 27.4. The van der Waals surface area contributed by atoms with Crippen molar-refractivity contribution in [1.29, 1.82) is 10.5 Å². The Morgan fingerprint density at radius 1 is 1.18 bits per heavy atom. The second kappa shape index (κ2) is 13.1. The van der Waals surface area contributed by atoms with Crippen molar-refractivity contribution >= 4 is 31.0 Å². The largest absolute Gasteiger partial charge is 0.444 e. The molecule has 14 heteroatoms. The maximum atomic E-state index is 14.3. The average Bonchev–Trinajstić information content (AvgIpc) is 3.31. The lowest BCUT2D eigenvalue weighted by atomic mass is 10.0. The number of fused-ring (bicyclic) bond motifs is 1. The molecule has 0 saturated carbocycles. The van der Waals surface area contributed by atoms with Gasteiger partial charge in [-0.15, -0.1) is 0 Å². The van der Waals surface area contributed by atoms with Crippen molar-refractivity contribution in [3.05, 3.63) is 41.2 Å². The molecule has 240 valence electrons. The molecule has 1 aliphatic rings. The Hall–Kier alpha value is -4.14. The van der Waals surface area contributed by atoms with E-state index in [2.05, 4.69) is 34.9 Å². The van der Waals surface area contributed by atoms with E-state index in [1.165, 1.54) is 18.3 Å². The van der Waals surface area contributed by atoms with Crippen LogP contribution in [0.25, 0.3) is 22.2 Å². The van der Waals surface area contributed by atoms with E-state index >= 15 is 0 Å². The van der Waals surface area contributed by atoms with E-state index < -0.39 is 31.5 Å². The number of nitrogens with one attached hydrogen (secondary N) is 1. The highest BCUT2D eigenvalue weighted by Gasteiger charge is 2.37. The van der Waals surface area contributed by atoms with Crippen molar-refractivity contribution in [3.63, 3.8) is 0 Å². The fraction of sp³-hybridized carbons (Fsp3) is 0.516. The van der Waals surface area contributed by atoms with E-state index in [0.29, 0.717) is 36.9 Å². The summed E-state index contributed by atoms with van der Waals surface area (Å²) in [7, 11) is -1.41. The van der Waals surface area contributed by atoms with Gasteiger partial charge in [0.2, 0.25) is 5.95 Å². The van der Waals surface area contributed by atoms with Crippen LogP contribution in [-0.4, -0.2) is 64.9 Å². The van der Waals surface area contributed by atoms with Crippen LogP contribution in [0.3, 0.4) is 0 Å². The van der Waals surface area contributed by atoms with Crippen LogP contribution in [0.4, 0.5) is 23.9 Å². The number of hydrogen-bond donors (Lipinski definition) is 1.